The number of benzene rings is 3. The number of non-ortho nitro benzene ring substituents is 1. The number of nitrogens with zero attached hydrogens (tertiary/aromatic N) is 3. The van der Waals surface area contributed by atoms with Gasteiger partial charge in [0.1, 0.15) is 18.9 Å². The predicted octanol–water partition coefficient (Wildman–Crippen LogP) is 4.80. The maximum absolute atomic E-state index is 13.0. The van der Waals surface area contributed by atoms with Gasteiger partial charge in [-0.3, -0.25) is 29.4 Å². The first-order valence-corrected chi connectivity index (χ1v) is 12.7. The van der Waals surface area contributed by atoms with E-state index in [0.29, 0.717) is 24.4 Å². The highest BCUT2D eigenvalue weighted by atomic mass is 32.2. The first-order valence-electron chi connectivity index (χ1n) is 11.9. The van der Waals surface area contributed by atoms with E-state index in [1.807, 2.05) is 24.3 Å². The lowest BCUT2D eigenvalue weighted by atomic mass is 10.00. The summed E-state index contributed by atoms with van der Waals surface area (Å²) < 4.78 is 5.79. The molecule has 0 N–H and O–H groups in total. The third kappa shape index (κ3) is 5.60. The van der Waals surface area contributed by atoms with Gasteiger partial charge in [-0.15, -0.1) is 0 Å². The smallest absolute Gasteiger partial charge is 0.294 e. The van der Waals surface area contributed by atoms with E-state index in [1.165, 1.54) is 17.7 Å². The lowest BCUT2D eigenvalue weighted by Crippen LogP contribution is -2.44. The number of rotatable bonds is 7. The second-order valence-electron chi connectivity index (χ2n) is 8.89. The third-order valence-corrected chi connectivity index (χ3v) is 7.27. The Morgan fingerprint density at radius 2 is 1.79 bits per heavy atom. The molecule has 0 radical (unpaired) electrons. The minimum atomic E-state index is -0.497. The molecule has 0 aromatic heterocycles. The van der Waals surface area contributed by atoms with Gasteiger partial charge in [-0.1, -0.05) is 36.4 Å². The molecule has 0 atom stereocenters. The van der Waals surface area contributed by atoms with Crippen LogP contribution in [0.15, 0.2) is 77.7 Å². The van der Waals surface area contributed by atoms with Gasteiger partial charge in [-0.2, -0.15) is 0 Å². The number of carbonyl (C=O) groups excluding carboxylic acids is 3. The zero-order valence-electron chi connectivity index (χ0n) is 20.2. The highest BCUT2D eigenvalue weighted by molar-refractivity contribution is 8.18. The maximum atomic E-state index is 13.0. The largest absolute Gasteiger partial charge is 0.489 e. The molecule has 1 fully saturated rings. The molecule has 0 spiro atoms. The molecule has 2 aliphatic heterocycles. The molecule has 0 bridgehead atoms. The van der Waals surface area contributed by atoms with Crippen molar-refractivity contribution in [2.45, 2.75) is 19.6 Å². The molecular formula is C28H23N3O6S. The molecule has 9 nitrogen and oxygen atoms in total. The Hall–Kier alpha value is -4.44. The van der Waals surface area contributed by atoms with E-state index in [9.17, 15) is 24.5 Å². The fourth-order valence-corrected chi connectivity index (χ4v) is 5.14. The Kier molecular flexibility index (Phi) is 7.23. The summed E-state index contributed by atoms with van der Waals surface area (Å²) in [7, 11) is 0. The lowest BCUT2D eigenvalue weighted by molar-refractivity contribution is -0.384. The number of carbonyl (C=O) groups is 3. The molecule has 1 saturated heterocycles. The van der Waals surface area contributed by atoms with Crippen LogP contribution in [0, 0.1) is 10.1 Å². The average Bonchev–Trinajstić information content (AvgIpc) is 3.19. The molecule has 3 aromatic carbocycles. The predicted molar refractivity (Wildman–Crippen MR) is 142 cm³/mol. The molecule has 2 aliphatic rings. The standard InChI is InChI=1S/C28H23N3O6S/c32-26(29-13-12-21-5-1-2-6-22(21)16-29)17-30-27(33)25(38-28(30)34)15-20-4-3-7-24(14-20)37-18-19-8-10-23(11-9-19)31(35)36/h1-11,14-15H,12-13,16-18H2/b25-15+. The Balaban J connectivity index is 1.21. The second-order valence-corrected chi connectivity index (χ2v) is 9.88. The van der Waals surface area contributed by atoms with Gasteiger partial charge in [-0.05, 0) is 70.8 Å². The SMILES string of the molecule is O=C(CN1C(=O)S/C(=C/c2cccc(OCc3ccc([N+](=O)[O-])cc3)c2)C1=O)N1CCc2ccccc2C1. The molecule has 0 saturated carbocycles. The number of thioether (sulfide) groups is 1. The summed E-state index contributed by atoms with van der Waals surface area (Å²) in [5.74, 6) is -0.218. The number of nitro groups is 1. The van der Waals surface area contributed by atoms with E-state index >= 15 is 0 Å². The van der Waals surface area contributed by atoms with Crippen LogP contribution < -0.4 is 4.74 Å². The number of nitro benzene ring substituents is 1. The molecule has 2 heterocycles. The summed E-state index contributed by atoms with van der Waals surface area (Å²) >= 11 is 0.806. The van der Waals surface area contributed by atoms with Crippen LogP contribution in [0.1, 0.15) is 22.3 Å². The summed E-state index contributed by atoms with van der Waals surface area (Å²) in [4.78, 5) is 51.7. The van der Waals surface area contributed by atoms with Gasteiger partial charge in [-0.25, -0.2) is 0 Å². The summed E-state index contributed by atoms with van der Waals surface area (Å²) in [6, 6.07) is 21.1. The summed E-state index contributed by atoms with van der Waals surface area (Å²) in [5.41, 5.74) is 3.73. The van der Waals surface area contributed by atoms with Crippen molar-refractivity contribution in [1.29, 1.82) is 0 Å². The van der Waals surface area contributed by atoms with Gasteiger partial charge in [0, 0.05) is 25.2 Å². The molecule has 38 heavy (non-hydrogen) atoms. The molecule has 0 unspecified atom stereocenters. The zero-order valence-corrected chi connectivity index (χ0v) is 21.1. The highest BCUT2D eigenvalue weighted by Gasteiger charge is 2.37. The number of imide groups is 1. The van der Waals surface area contributed by atoms with Crippen LogP contribution in [0.25, 0.3) is 6.08 Å². The van der Waals surface area contributed by atoms with Crippen LogP contribution in [0.3, 0.4) is 0 Å². The van der Waals surface area contributed by atoms with Crippen LogP contribution in [-0.2, 0) is 29.2 Å². The zero-order chi connectivity index (χ0) is 26.6. The molecule has 3 amide bonds. The minimum absolute atomic E-state index is 0.00709. The molecular weight excluding hydrogens is 506 g/mol. The summed E-state index contributed by atoms with van der Waals surface area (Å²) in [6.45, 7) is 0.936. The van der Waals surface area contributed by atoms with Crippen molar-refractivity contribution in [3.8, 4) is 5.75 Å². The van der Waals surface area contributed by atoms with Crippen molar-refractivity contribution < 1.29 is 24.0 Å². The van der Waals surface area contributed by atoms with Crippen LogP contribution in [-0.4, -0.2) is 44.9 Å². The van der Waals surface area contributed by atoms with Crippen molar-refractivity contribution in [3.63, 3.8) is 0 Å². The Morgan fingerprint density at radius 1 is 1.03 bits per heavy atom. The van der Waals surface area contributed by atoms with Crippen molar-refractivity contribution >= 4 is 40.6 Å². The Morgan fingerprint density at radius 3 is 2.55 bits per heavy atom. The average molecular weight is 530 g/mol. The number of amides is 3. The van der Waals surface area contributed by atoms with Crippen molar-refractivity contribution in [3.05, 3.63) is 110 Å². The van der Waals surface area contributed by atoms with Gasteiger partial charge in [0.25, 0.3) is 16.8 Å². The molecule has 10 heteroatoms. The van der Waals surface area contributed by atoms with Gasteiger partial charge >= 0.3 is 0 Å². The van der Waals surface area contributed by atoms with Gasteiger partial charge in [0.15, 0.2) is 0 Å². The molecule has 3 aromatic rings. The van der Waals surface area contributed by atoms with Crippen LogP contribution in [0.2, 0.25) is 0 Å². The number of fused-ring (bicyclic) bond motifs is 1. The van der Waals surface area contributed by atoms with E-state index in [0.717, 1.165) is 34.2 Å². The van der Waals surface area contributed by atoms with E-state index in [4.69, 9.17) is 4.74 Å². The Labute approximate surface area is 222 Å². The maximum Gasteiger partial charge on any atom is 0.294 e. The van der Waals surface area contributed by atoms with Crippen molar-refractivity contribution in [2.75, 3.05) is 13.1 Å². The topological polar surface area (TPSA) is 110 Å². The molecule has 0 aliphatic carbocycles. The first-order chi connectivity index (χ1) is 18.4. The minimum Gasteiger partial charge on any atom is -0.489 e. The van der Waals surface area contributed by atoms with Gasteiger partial charge in [0.2, 0.25) is 5.91 Å². The van der Waals surface area contributed by atoms with Gasteiger partial charge < -0.3 is 9.64 Å². The fraction of sp³-hybridized carbons (Fsp3) is 0.179. The summed E-state index contributed by atoms with van der Waals surface area (Å²) in [6.07, 6.45) is 2.34. The van der Waals surface area contributed by atoms with Gasteiger partial charge in [0.05, 0.1) is 9.83 Å². The van der Waals surface area contributed by atoms with E-state index in [2.05, 4.69) is 0 Å². The van der Waals surface area contributed by atoms with Crippen molar-refractivity contribution in [1.82, 2.24) is 9.80 Å². The normalized spacial score (nSPS) is 16.1. The van der Waals surface area contributed by atoms with Crippen LogP contribution >= 0.6 is 11.8 Å². The first kappa shape index (κ1) is 25.2. The lowest BCUT2D eigenvalue weighted by Gasteiger charge is -2.29. The van der Waals surface area contributed by atoms with Crippen LogP contribution in [0.4, 0.5) is 10.5 Å². The third-order valence-electron chi connectivity index (χ3n) is 6.36. The number of ether oxygens (including phenoxy) is 1. The highest BCUT2D eigenvalue weighted by Crippen LogP contribution is 2.33. The number of hydrogen-bond acceptors (Lipinski definition) is 7. The number of hydrogen-bond donors (Lipinski definition) is 0. The molecule has 192 valence electrons. The van der Waals surface area contributed by atoms with E-state index in [-0.39, 0.29) is 29.7 Å². The van der Waals surface area contributed by atoms with E-state index in [1.54, 1.807) is 47.4 Å². The summed E-state index contributed by atoms with van der Waals surface area (Å²) in [5, 5.41) is 10.3. The quantitative estimate of drug-likeness (QED) is 0.246. The fourth-order valence-electron chi connectivity index (χ4n) is 4.31. The monoisotopic (exact) mass is 529 g/mol. The second kappa shape index (κ2) is 10.9. The van der Waals surface area contributed by atoms with E-state index < -0.39 is 16.1 Å². The van der Waals surface area contributed by atoms with Crippen LogP contribution in [0.5, 0.6) is 5.75 Å². The van der Waals surface area contributed by atoms with Crippen molar-refractivity contribution in [2.24, 2.45) is 0 Å². The molecule has 5 rings (SSSR count). The Bertz CT molecular complexity index is 1450.